The van der Waals surface area contributed by atoms with E-state index in [2.05, 4.69) is 5.32 Å². The first-order valence-electron chi connectivity index (χ1n) is 7.83. The van der Waals surface area contributed by atoms with Crippen molar-refractivity contribution in [1.82, 2.24) is 5.32 Å². The van der Waals surface area contributed by atoms with E-state index in [-0.39, 0.29) is 11.3 Å². The molecule has 0 bridgehead atoms. The molecule has 0 aromatic heterocycles. The second-order valence-electron chi connectivity index (χ2n) is 6.17. The van der Waals surface area contributed by atoms with Crippen LogP contribution in [0.1, 0.15) is 51.4 Å². The van der Waals surface area contributed by atoms with Crippen molar-refractivity contribution in [1.29, 1.82) is 0 Å². The van der Waals surface area contributed by atoms with Gasteiger partial charge in [-0.05, 0) is 38.0 Å². The van der Waals surface area contributed by atoms with E-state index in [0.717, 1.165) is 51.2 Å². The van der Waals surface area contributed by atoms with Gasteiger partial charge >= 0.3 is 0 Å². The number of hydrogen-bond acceptors (Lipinski definition) is 3. The first kappa shape index (κ1) is 14.8. The van der Waals surface area contributed by atoms with Crippen LogP contribution in [0.25, 0.3) is 0 Å². The van der Waals surface area contributed by atoms with Gasteiger partial charge in [-0.3, -0.25) is 4.79 Å². The van der Waals surface area contributed by atoms with Crippen molar-refractivity contribution >= 4 is 5.91 Å². The number of ether oxygens (including phenoxy) is 1. The van der Waals surface area contributed by atoms with Gasteiger partial charge < -0.3 is 15.8 Å². The third kappa shape index (κ3) is 4.46. The van der Waals surface area contributed by atoms with Crippen LogP contribution >= 0.6 is 0 Å². The average molecular weight is 268 g/mol. The highest BCUT2D eigenvalue weighted by atomic mass is 16.5. The monoisotopic (exact) mass is 268 g/mol. The number of amides is 1. The molecule has 0 radical (unpaired) electrons. The Morgan fingerprint density at radius 3 is 2.63 bits per heavy atom. The number of carbonyl (C=O) groups excluding carboxylic acids is 1. The summed E-state index contributed by atoms with van der Waals surface area (Å²) in [7, 11) is 0. The molecule has 1 amide bonds. The van der Waals surface area contributed by atoms with Crippen LogP contribution in [0.2, 0.25) is 0 Å². The summed E-state index contributed by atoms with van der Waals surface area (Å²) in [6.45, 7) is 2.86. The Morgan fingerprint density at radius 2 is 2.00 bits per heavy atom. The predicted molar refractivity (Wildman–Crippen MR) is 75.7 cm³/mol. The minimum absolute atomic E-state index is 0.164. The van der Waals surface area contributed by atoms with Crippen molar-refractivity contribution in [2.75, 3.05) is 26.3 Å². The van der Waals surface area contributed by atoms with Gasteiger partial charge in [0.25, 0.3) is 0 Å². The lowest BCUT2D eigenvalue weighted by Crippen LogP contribution is -2.47. The van der Waals surface area contributed by atoms with Crippen molar-refractivity contribution in [3.8, 4) is 0 Å². The van der Waals surface area contributed by atoms with E-state index >= 15 is 0 Å². The van der Waals surface area contributed by atoms with Gasteiger partial charge in [-0.2, -0.15) is 0 Å². The molecule has 2 rings (SSSR count). The third-order valence-corrected chi connectivity index (χ3v) is 4.48. The highest BCUT2D eigenvalue weighted by Crippen LogP contribution is 2.35. The molecule has 0 heterocycles. The van der Waals surface area contributed by atoms with Gasteiger partial charge in [-0.15, -0.1) is 0 Å². The topological polar surface area (TPSA) is 64.4 Å². The Kier molecular flexibility index (Phi) is 5.64. The van der Waals surface area contributed by atoms with Crippen molar-refractivity contribution in [2.45, 2.75) is 51.4 Å². The molecule has 0 aromatic rings. The van der Waals surface area contributed by atoms with Gasteiger partial charge in [0, 0.05) is 26.3 Å². The molecule has 0 atom stereocenters. The molecule has 2 aliphatic carbocycles. The number of nitrogens with one attached hydrogen (secondary N) is 1. The molecule has 19 heavy (non-hydrogen) atoms. The van der Waals surface area contributed by atoms with E-state index < -0.39 is 0 Å². The fourth-order valence-corrected chi connectivity index (χ4v) is 2.85. The molecule has 4 nitrogen and oxygen atoms in total. The zero-order valence-corrected chi connectivity index (χ0v) is 12.0. The fraction of sp³-hybridized carbons (Fsp3) is 0.933. The van der Waals surface area contributed by atoms with Crippen LogP contribution in [-0.4, -0.2) is 32.2 Å². The SMILES string of the molecule is NCC1(C(=O)NCCCOCC2CC2)CCCCC1. The molecule has 0 unspecified atom stereocenters. The molecule has 3 N–H and O–H groups in total. The van der Waals surface area contributed by atoms with Crippen molar-refractivity contribution in [3.63, 3.8) is 0 Å². The molecular weight excluding hydrogens is 240 g/mol. The Balaban J connectivity index is 1.58. The number of hydrogen-bond donors (Lipinski definition) is 2. The normalized spacial score (nSPS) is 22.2. The van der Waals surface area contributed by atoms with Crippen LogP contribution in [0.15, 0.2) is 0 Å². The van der Waals surface area contributed by atoms with Crippen LogP contribution in [0.4, 0.5) is 0 Å². The maximum Gasteiger partial charge on any atom is 0.227 e. The summed E-state index contributed by atoms with van der Waals surface area (Å²) in [5.74, 6) is 0.981. The second-order valence-corrected chi connectivity index (χ2v) is 6.17. The van der Waals surface area contributed by atoms with Crippen molar-refractivity contribution in [2.24, 2.45) is 17.1 Å². The van der Waals surface area contributed by atoms with Gasteiger partial charge in [0.2, 0.25) is 5.91 Å². The molecule has 110 valence electrons. The van der Waals surface area contributed by atoms with Crippen molar-refractivity contribution in [3.05, 3.63) is 0 Å². The molecule has 0 aromatic carbocycles. The highest BCUT2D eigenvalue weighted by Gasteiger charge is 2.37. The minimum Gasteiger partial charge on any atom is -0.381 e. The molecule has 0 spiro atoms. The quantitative estimate of drug-likeness (QED) is 0.660. The second kappa shape index (κ2) is 7.25. The van der Waals surface area contributed by atoms with Gasteiger partial charge in [-0.1, -0.05) is 19.3 Å². The van der Waals surface area contributed by atoms with E-state index in [1.165, 1.54) is 19.3 Å². The maximum absolute atomic E-state index is 12.3. The van der Waals surface area contributed by atoms with Crippen LogP contribution in [0.5, 0.6) is 0 Å². The van der Waals surface area contributed by atoms with Crippen LogP contribution in [0, 0.1) is 11.3 Å². The Bertz CT molecular complexity index is 284. The van der Waals surface area contributed by atoms with Gasteiger partial charge in [-0.25, -0.2) is 0 Å². The summed E-state index contributed by atoms with van der Waals surface area (Å²) in [5, 5.41) is 3.05. The summed E-state index contributed by atoms with van der Waals surface area (Å²) in [5.41, 5.74) is 5.56. The molecule has 0 saturated heterocycles. The lowest BCUT2D eigenvalue weighted by atomic mass is 9.73. The van der Waals surface area contributed by atoms with Gasteiger partial charge in [0.15, 0.2) is 0 Å². The molecule has 2 aliphatic rings. The lowest BCUT2D eigenvalue weighted by Gasteiger charge is -2.34. The summed E-state index contributed by atoms with van der Waals surface area (Å²) < 4.78 is 5.56. The number of nitrogens with two attached hydrogens (primary N) is 1. The van der Waals surface area contributed by atoms with E-state index in [4.69, 9.17) is 10.5 Å². The zero-order chi connectivity index (χ0) is 13.6. The van der Waals surface area contributed by atoms with Gasteiger partial charge in [0.05, 0.1) is 5.41 Å². The molecule has 0 aliphatic heterocycles. The largest absolute Gasteiger partial charge is 0.381 e. The number of rotatable bonds is 8. The first-order valence-corrected chi connectivity index (χ1v) is 7.83. The highest BCUT2D eigenvalue weighted by molar-refractivity contribution is 5.82. The molecule has 4 heteroatoms. The lowest BCUT2D eigenvalue weighted by molar-refractivity contribution is -0.132. The van der Waals surface area contributed by atoms with Crippen LogP contribution in [-0.2, 0) is 9.53 Å². The van der Waals surface area contributed by atoms with Gasteiger partial charge in [0.1, 0.15) is 0 Å². The standard InChI is InChI=1S/C15H28N2O2/c16-12-15(7-2-1-3-8-15)14(18)17-9-4-10-19-11-13-5-6-13/h13H,1-12,16H2,(H,17,18). The minimum atomic E-state index is -0.285. The summed E-state index contributed by atoms with van der Waals surface area (Å²) >= 11 is 0. The Hall–Kier alpha value is -0.610. The molecule has 2 saturated carbocycles. The summed E-state index contributed by atoms with van der Waals surface area (Å²) in [6, 6.07) is 0. The Morgan fingerprint density at radius 1 is 1.26 bits per heavy atom. The van der Waals surface area contributed by atoms with E-state index in [1.54, 1.807) is 0 Å². The average Bonchev–Trinajstić information content (AvgIpc) is 3.27. The van der Waals surface area contributed by atoms with E-state index in [0.29, 0.717) is 13.1 Å². The Labute approximate surface area is 116 Å². The molecule has 2 fully saturated rings. The zero-order valence-electron chi connectivity index (χ0n) is 12.0. The summed E-state index contributed by atoms with van der Waals surface area (Å²) in [6.07, 6.45) is 8.97. The van der Waals surface area contributed by atoms with E-state index in [1.807, 2.05) is 0 Å². The van der Waals surface area contributed by atoms with Crippen LogP contribution in [0.3, 0.4) is 0 Å². The number of carbonyl (C=O) groups is 1. The molecular formula is C15H28N2O2. The van der Waals surface area contributed by atoms with Crippen LogP contribution < -0.4 is 11.1 Å². The van der Waals surface area contributed by atoms with Crippen molar-refractivity contribution < 1.29 is 9.53 Å². The first-order chi connectivity index (χ1) is 9.27. The summed E-state index contributed by atoms with van der Waals surface area (Å²) in [4.78, 5) is 12.3. The fourth-order valence-electron chi connectivity index (χ4n) is 2.85. The van der Waals surface area contributed by atoms with E-state index in [9.17, 15) is 4.79 Å². The third-order valence-electron chi connectivity index (χ3n) is 4.48. The maximum atomic E-state index is 12.3. The smallest absolute Gasteiger partial charge is 0.227 e. The predicted octanol–water partition coefficient (Wildman–Crippen LogP) is 1.83.